The number of benzene rings is 2. The number of likely N-dealkylation sites (tertiary alicyclic amines) is 1. The van der Waals surface area contributed by atoms with Crippen molar-refractivity contribution in [3.05, 3.63) is 54.6 Å². The Morgan fingerprint density at radius 2 is 1.66 bits per heavy atom. The number of anilines is 1. The van der Waals surface area contributed by atoms with Crippen molar-refractivity contribution in [2.45, 2.75) is 50.5 Å². The van der Waals surface area contributed by atoms with E-state index >= 15 is 0 Å². The summed E-state index contributed by atoms with van der Waals surface area (Å²) in [6, 6.07) is 16.2. The molecule has 6 heteroatoms. The van der Waals surface area contributed by atoms with Gasteiger partial charge in [0.15, 0.2) is 0 Å². The van der Waals surface area contributed by atoms with Gasteiger partial charge in [-0.25, -0.2) is 8.42 Å². The second-order valence-corrected chi connectivity index (χ2v) is 9.35. The van der Waals surface area contributed by atoms with Crippen molar-refractivity contribution in [2.24, 2.45) is 0 Å². The molecule has 2 aromatic rings. The molecule has 0 aliphatic carbocycles. The number of hydrogen-bond acceptors (Lipinski definition) is 4. The summed E-state index contributed by atoms with van der Waals surface area (Å²) in [7, 11) is -3.62. The predicted octanol–water partition coefficient (Wildman–Crippen LogP) is 4.55. The van der Waals surface area contributed by atoms with Crippen LogP contribution < -0.4 is 9.04 Å². The van der Waals surface area contributed by atoms with E-state index in [-0.39, 0.29) is 6.10 Å². The van der Waals surface area contributed by atoms with Crippen LogP contribution in [0.5, 0.6) is 5.75 Å². The maximum absolute atomic E-state index is 13.3. The number of nitrogens with zero attached hydrogens (tertiary/aromatic N) is 2. The molecule has 1 saturated heterocycles. The third-order valence-electron chi connectivity index (χ3n) is 5.46. The highest BCUT2D eigenvalue weighted by Gasteiger charge is 2.25. The highest BCUT2D eigenvalue weighted by atomic mass is 32.2. The summed E-state index contributed by atoms with van der Waals surface area (Å²) in [5.41, 5.74) is 0.698. The summed E-state index contributed by atoms with van der Waals surface area (Å²) in [5.74, 6) is 0.735. The molecule has 0 atom stereocenters. The number of unbranched alkanes of at least 4 members (excludes halogenated alkanes) is 1. The Morgan fingerprint density at radius 3 is 2.24 bits per heavy atom. The highest BCUT2D eigenvalue weighted by molar-refractivity contribution is 7.92. The molecule has 29 heavy (non-hydrogen) atoms. The Labute approximate surface area is 175 Å². The monoisotopic (exact) mass is 416 g/mol. The van der Waals surface area contributed by atoms with Gasteiger partial charge in [0.2, 0.25) is 0 Å². The first-order chi connectivity index (χ1) is 14.0. The third kappa shape index (κ3) is 5.52. The Balaban J connectivity index is 1.72. The summed E-state index contributed by atoms with van der Waals surface area (Å²) in [6.45, 7) is 7.90. The lowest BCUT2D eigenvalue weighted by molar-refractivity contribution is 0.104. The van der Waals surface area contributed by atoms with E-state index in [0.717, 1.165) is 51.1 Å². The molecule has 1 fully saturated rings. The molecule has 0 aromatic heterocycles. The van der Waals surface area contributed by atoms with Gasteiger partial charge in [0.1, 0.15) is 11.9 Å². The normalized spacial score (nSPS) is 15.9. The molecule has 1 heterocycles. The first-order valence-corrected chi connectivity index (χ1v) is 12.1. The molecule has 2 aromatic carbocycles. The summed E-state index contributed by atoms with van der Waals surface area (Å²) >= 11 is 0. The Kier molecular flexibility index (Phi) is 7.56. The van der Waals surface area contributed by atoms with E-state index in [2.05, 4.69) is 18.7 Å². The molecule has 0 N–H and O–H groups in total. The number of para-hydroxylation sites is 1. The summed E-state index contributed by atoms with van der Waals surface area (Å²) in [4.78, 5) is 2.72. The van der Waals surface area contributed by atoms with Crippen LogP contribution in [0.15, 0.2) is 59.5 Å². The lowest BCUT2D eigenvalue weighted by Crippen LogP contribution is -2.38. The molecule has 1 aliphatic rings. The van der Waals surface area contributed by atoms with E-state index in [1.807, 2.05) is 30.3 Å². The SMILES string of the molecule is CCCCN(c1ccccc1)S(=O)(=O)c1ccc(OC2CCN(CC)CC2)cc1. The van der Waals surface area contributed by atoms with Gasteiger partial charge in [-0.3, -0.25) is 4.31 Å². The lowest BCUT2D eigenvalue weighted by Gasteiger charge is -2.31. The second kappa shape index (κ2) is 10.1. The Hall–Kier alpha value is -2.05. The zero-order chi connectivity index (χ0) is 20.7. The zero-order valence-electron chi connectivity index (χ0n) is 17.5. The van der Waals surface area contributed by atoms with Gasteiger partial charge in [0.25, 0.3) is 10.0 Å². The van der Waals surface area contributed by atoms with Crippen LogP contribution in [0, 0.1) is 0 Å². The molecule has 0 saturated carbocycles. The van der Waals surface area contributed by atoms with Crippen molar-refractivity contribution < 1.29 is 13.2 Å². The van der Waals surface area contributed by atoms with Gasteiger partial charge < -0.3 is 9.64 Å². The quantitative estimate of drug-likeness (QED) is 0.602. The van der Waals surface area contributed by atoms with Gasteiger partial charge in [-0.1, -0.05) is 38.5 Å². The largest absolute Gasteiger partial charge is 0.490 e. The summed E-state index contributed by atoms with van der Waals surface area (Å²) in [6.07, 6.45) is 3.96. The number of ether oxygens (including phenoxy) is 1. The smallest absolute Gasteiger partial charge is 0.264 e. The minimum atomic E-state index is -3.62. The van der Waals surface area contributed by atoms with Gasteiger partial charge in [-0.2, -0.15) is 0 Å². The molecular weight excluding hydrogens is 384 g/mol. The minimum Gasteiger partial charge on any atom is -0.490 e. The number of rotatable bonds is 9. The van der Waals surface area contributed by atoms with Crippen LogP contribution >= 0.6 is 0 Å². The van der Waals surface area contributed by atoms with Crippen LogP contribution in [0.1, 0.15) is 39.5 Å². The zero-order valence-corrected chi connectivity index (χ0v) is 18.3. The molecule has 3 rings (SSSR count). The summed E-state index contributed by atoms with van der Waals surface area (Å²) in [5, 5.41) is 0. The van der Waals surface area contributed by atoms with Gasteiger partial charge in [-0.15, -0.1) is 0 Å². The molecule has 0 spiro atoms. The molecule has 1 aliphatic heterocycles. The lowest BCUT2D eigenvalue weighted by atomic mass is 10.1. The first kappa shape index (κ1) is 21.7. The van der Waals surface area contributed by atoms with E-state index in [9.17, 15) is 8.42 Å². The molecule has 0 bridgehead atoms. The van der Waals surface area contributed by atoms with Crippen molar-refractivity contribution in [1.82, 2.24) is 4.90 Å². The van der Waals surface area contributed by atoms with Gasteiger partial charge in [0.05, 0.1) is 10.6 Å². The van der Waals surface area contributed by atoms with E-state index in [1.54, 1.807) is 24.3 Å². The van der Waals surface area contributed by atoms with Gasteiger partial charge >= 0.3 is 0 Å². The molecule has 0 amide bonds. The molecule has 0 radical (unpaired) electrons. The fourth-order valence-corrected chi connectivity index (χ4v) is 5.14. The third-order valence-corrected chi connectivity index (χ3v) is 7.30. The minimum absolute atomic E-state index is 0.200. The Morgan fingerprint density at radius 1 is 1.00 bits per heavy atom. The number of piperidine rings is 1. The maximum Gasteiger partial charge on any atom is 0.264 e. The van der Waals surface area contributed by atoms with E-state index < -0.39 is 10.0 Å². The predicted molar refractivity (Wildman–Crippen MR) is 118 cm³/mol. The Bertz CT molecular complexity index is 845. The van der Waals surface area contributed by atoms with Gasteiger partial charge in [0, 0.05) is 19.6 Å². The van der Waals surface area contributed by atoms with E-state index in [0.29, 0.717) is 17.1 Å². The number of sulfonamides is 1. The van der Waals surface area contributed by atoms with Crippen LogP contribution in [0.25, 0.3) is 0 Å². The average molecular weight is 417 g/mol. The van der Waals surface area contributed by atoms with Gasteiger partial charge in [-0.05, 0) is 62.2 Å². The van der Waals surface area contributed by atoms with Crippen molar-refractivity contribution in [2.75, 3.05) is 30.5 Å². The van der Waals surface area contributed by atoms with Crippen LogP contribution in [-0.4, -0.2) is 45.6 Å². The van der Waals surface area contributed by atoms with Crippen LogP contribution in [0.3, 0.4) is 0 Å². The molecule has 5 nitrogen and oxygen atoms in total. The topological polar surface area (TPSA) is 49.9 Å². The highest BCUT2D eigenvalue weighted by Crippen LogP contribution is 2.26. The number of hydrogen-bond donors (Lipinski definition) is 0. The molecular formula is C23H32N2O3S. The fourth-order valence-electron chi connectivity index (χ4n) is 3.64. The van der Waals surface area contributed by atoms with Crippen LogP contribution in [-0.2, 0) is 10.0 Å². The van der Waals surface area contributed by atoms with Crippen LogP contribution in [0.4, 0.5) is 5.69 Å². The van der Waals surface area contributed by atoms with E-state index in [4.69, 9.17) is 4.74 Å². The summed E-state index contributed by atoms with van der Waals surface area (Å²) < 4.78 is 34.2. The van der Waals surface area contributed by atoms with E-state index in [1.165, 1.54) is 4.31 Å². The van der Waals surface area contributed by atoms with Crippen molar-refractivity contribution in [1.29, 1.82) is 0 Å². The first-order valence-electron chi connectivity index (χ1n) is 10.6. The average Bonchev–Trinajstić information content (AvgIpc) is 2.75. The molecule has 0 unspecified atom stereocenters. The molecule has 158 valence electrons. The van der Waals surface area contributed by atoms with Crippen molar-refractivity contribution in [3.8, 4) is 5.75 Å². The maximum atomic E-state index is 13.3. The van der Waals surface area contributed by atoms with Crippen molar-refractivity contribution >= 4 is 15.7 Å². The standard InChI is InChI=1S/C23H32N2O3S/c1-3-5-17-25(20-9-7-6-8-10-20)29(26,27)23-13-11-21(12-14-23)28-22-15-18-24(4-2)19-16-22/h6-14,22H,3-5,15-19H2,1-2H3. The second-order valence-electron chi connectivity index (χ2n) is 7.49. The van der Waals surface area contributed by atoms with Crippen LogP contribution in [0.2, 0.25) is 0 Å². The fraction of sp³-hybridized carbons (Fsp3) is 0.478. The van der Waals surface area contributed by atoms with Crippen molar-refractivity contribution in [3.63, 3.8) is 0 Å².